The minimum Gasteiger partial charge on any atom is -0.389 e. The minimum atomic E-state index is -0.329. The number of β-amino-alcohol motifs (C(OH)–C–C–N with tert-alkyl or cyclic N) is 1. The Morgan fingerprint density at radius 3 is 2.85 bits per heavy atom. The third-order valence-corrected chi connectivity index (χ3v) is 5.75. The maximum absolute atomic E-state index is 9.98. The van der Waals surface area contributed by atoms with Crippen molar-refractivity contribution in [3.05, 3.63) is 21.9 Å². The molecule has 1 aliphatic carbocycles. The smallest absolute Gasteiger partial charge is 0.0972 e. The third-order valence-electron chi connectivity index (χ3n) is 4.51. The largest absolute Gasteiger partial charge is 0.389 e. The predicted octanol–water partition coefficient (Wildman–Crippen LogP) is 2.99. The van der Waals surface area contributed by atoms with Crippen LogP contribution in [-0.2, 0) is 11.3 Å². The second-order valence-corrected chi connectivity index (χ2v) is 7.24. The number of rotatable bonds is 5. The number of likely N-dealkylation sites (tertiary alicyclic amines) is 1. The number of aliphatic hydroxyl groups excluding tert-OH is 1. The van der Waals surface area contributed by atoms with Gasteiger partial charge in [0.1, 0.15) is 0 Å². The van der Waals surface area contributed by atoms with Crippen LogP contribution in [0, 0.1) is 0 Å². The molecule has 2 fully saturated rings. The van der Waals surface area contributed by atoms with Crippen LogP contribution in [-0.4, -0.2) is 41.9 Å². The molecule has 1 aliphatic heterocycles. The molecule has 2 aliphatic rings. The highest BCUT2D eigenvalue weighted by molar-refractivity contribution is 7.12. The minimum absolute atomic E-state index is 0.00531. The Hall–Kier alpha value is -0.420. The van der Waals surface area contributed by atoms with E-state index in [9.17, 15) is 5.11 Å². The molecule has 1 saturated heterocycles. The van der Waals surface area contributed by atoms with Gasteiger partial charge >= 0.3 is 0 Å². The highest BCUT2D eigenvalue weighted by Crippen LogP contribution is 2.38. The van der Waals surface area contributed by atoms with E-state index in [1.54, 1.807) is 4.88 Å². The van der Waals surface area contributed by atoms with E-state index in [1.165, 1.54) is 30.6 Å². The Balaban J connectivity index is 1.56. The fraction of sp³-hybridized carbons (Fsp3) is 0.750. The molecule has 1 aromatic heterocycles. The summed E-state index contributed by atoms with van der Waals surface area (Å²) in [7, 11) is 0. The van der Waals surface area contributed by atoms with Crippen LogP contribution in [0.15, 0.2) is 12.1 Å². The summed E-state index contributed by atoms with van der Waals surface area (Å²) in [5.41, 5.74) is 0. The molecule has 112 valence electrons. The molecule has 2 heterocycles. The summed E-state index contributed by atoms with van der Waals surface area (Å²) in [6.45, 7) is 5.22. The van der Waals surface area contributed by atoms with Crippen molar-refractivity contribution in [2.45, 2.75) is 57.3 Å². The van der Waals surface area contributed by atoms with E-state index in [1.807, 2.05) is 18.3 Å². The van der Waals surface area contributed by atoms with E-state index in [4.69, 9.17) is 4.74 Å². The topological polar surface area (TPSA) is 32.7 Å². The van der Waals surface area contributed by atoms with Crippen molar-refractivity contribution in [2.24, 2.45) is 0 Å². The Kier molecular flexibility index (Phi) is 4.76. The summed E-state index contributed by atoms with van der Waals surface area (Å²) in [5.74, 6) is 0.814. The van der Waals surface area contributed by atoms with Gasteiger partial charge in [0.2, 0.25) is 0 Å². The third kappa shape index (κ3) is 3.25. The van der Waals surface area contributed by atoms with E-state index in [2.05, 4.69) is 17.0 Å². The number of hydrogen-bond acceptors (Lipinski definition) is 4. The predicted molar refractivity (Wildman–Crippen MR) is 82.2 cm³/mol. The molecule has 2 unspecified atom stereocenters. The summed E-state index contributed by atoms with van der Waals surface area (Å²) >= 11 is 1.97. The van der Waals surface area contributed by atoms with Crippen molar-refractivity contribution in [1.82, 2.24) is 4.90 Å². The highest BCUT2D eigenvalue weighted by atomic mass is 32.1. The van der Waals surface area contributed by atoms with E-state index in [0.29, 0.717) is 6.61 Å². The first kappa shape index (κ1) is 14.5. The molecular weight excluding hydrogens is 270 g/mol. The molecule has 1 saturated carbocycles. The van der Waals surface area contributed by atoms with E-state index in [-0.39, 0.29) is 12.2 Å². The lowest BCUT2D eigenvalue weighted by molar-refractivity contribution is -0.00244. The van der Waals surface area contributed by atoms with Gasteiger partial charge < -0.3 is 9.84 Å². The number of nitrogens with zero attached hydrogens (tertiary/aromatic N) is 1. The Labute approximate surface area is 125 Å². The van der Waals surface area contributed by atoms with Crippen molar-refractivity contribution < 1.29 is 9.84 Å². The molecule has 0 aromatic carbocycles. The van der Waals surface area contributed by atoms with E-state index < -0.39 is 0 Å². The van der Waals surface area contributed by atoms with Gasteiger partial charge in [-0.25, -0.2) is 0 Å². The standard InChI is InChI=1S/C16H25NO2S/c1-2-19-15-11-17(10-14(15)18)9-13-7-8-16(20-13)12-5-3-4-6-12/h7-8,12,14-15,18H,2-6,9-11H2,1H3. The van der Waals surface area contributed by atoms with Crippen molar-refractivity contribution >= 4 is 11.3 Å². The van der Waals surface area contributed by atoms with Gasteiger partial charge in [-0.1, -0.05) is 12.8 Å². The lowest BCUT2D eigenvalue weighted by atomic mass is 10.1. The van der Waals surface area contributed by atoms with Crippen LogP contribution >= 0.6 is 11.3 Å². The van der Waals surface area contributed by atoms with Gasteiger partial charge in [-0.3, -0.25) is 4.90 Å². The zero-order valence-corrected chi connectivity index (χ0v) is 13.1. The van der Waals surface area contributed by atoms with Crippen molar-refractivity contribution in [3.63, 3.8) is 0 Å². The maximum atomic E-state index is 9.98. The van der Waals surface area contributed by atoms with Crippen molar-refractivity contribution in [3.8, 4) is 0 Å². The highest BCUT2D eigenvalue weighted by Gasteiger charge is 2.31. The van der Waals surface area contributed by atoms with Gasteiger partial charge in [0.25, 0.3) is 0 Å². The van der Waals surface area contributed by atoms with Gasteiger partial charge in [0.05, 0.1) is 12.2 Å². The zero-order valence-electron chi connectivity index (χ0n) is 12.3. The molecule has 0 radical (unpaired) electrons. The van der Waals surface area contributed by atoms with E-state index in [0.717, 1.165) is 25.6 Å². The number of aliphatic hydroxyl groups is 1. The summed E-state index contributed by atoms with van der Waals surface area (Å²) in [5, 5.41) is 9.98. The first-order chi connectivity index (χ1) is 9.76. The fourth-order valence-electron chi connectivity index (χ4n) is 3.47. The van der Waals surface area contributed by atoms with Crippen LogP contribution in [0.25, 0.3) is 0 Å². The van der Waals surface area contributed by atoms with Crippen LogP contribution in [0.1, 0.15) is 48.3 Å². The average molecular weight is 295 g/mol. The summed E-state index contributed by atoms with van der Waals surface area (Å²) in [6, 6.07) is 4.60. The number of thiophene rings is 1. The Bertz CT molecular complexity index is 428. The first-order valence-electron chi connectivity index (χ1n) is 7.87. The maximum Gasteiger partial charge on any atom is 0.0972 e. The molecule has 1 aromatic rings. The fourth-order valence-corrected chi connectivity index (χ4v) is 4.69. The van der Waals surface area contributed by atoms with Crippen molar-refractivity contribution in [2.75, 3.05) is 19.7 Å². The quantitative estimate of drug-likeness (QED) is 0.906. The zero-order chi connectivity index (χ0) is 13.9. The lowest BCUT2D eigenvalue weighted by Crippen LogP contribution is -2.26. The summed E-state index contributed by atoms with van der Waals surface area (Å²) in [6.07, 6.45) is 5.20. The van der Waals surface area contributed by atoms with Gasteiger partial charge in [0, 0.05) is 36.0 Å². The molecule has 0 bridgehead atoms. The molecule has 1 N–H and O–H groups in total. The van der Waals surface area contributed by atoms with Crippen LogP contribution in [0.5, 0.6) is 0 Å². The van der Waals surface area contributed by atoms with Crippen molar-refractivity contribution in [1.29, 1.82) is 0 Å². The monoisotopic (exact) mass is 295 g/mol. The summed E-state index contributed by atoms with van der Waals surface area (Å²) < 4.78 is 5.58. The molecule has 3 rings (SSSR count). The molecule has 0 spiro atoms. The normalized spacial score (nSPS) is 28.5. The number of ether oxygens (including phenoxy) is 1. The Morgan fingerprint density at radius 1 is 1.30 bits per heavy atom. The lowest BCUT2D eigenvalue weighted by Gasteiger charge is -2.14. The molecule has 20 heavy (non-hydrogen) atoms. The molecular formula is C16H25NO2S. The van der Waals surface area contributed by atoms with Gasteiger partial charge in [-0.2, -0.15) is 0 Å². The van der Waals surface area contributed by atoms with Gasteiger partial charge in [0.15, 0.2) is 0 Å². The number of hydrogen-bond donors (Lipinski definition) is 1. The first-order valence-corrected chi connectivity index (χ1v) is 8.68. The van der Waals surface area contributed by atoms with Crippen LogP contribution in [0.3, 0.4) is 0 Å². The molecule has 4 heteroatoms. The van der Waals surface area contributed by atoms with Crippen LogP contribution < -0.4 is 0 Å². The SMILES string of the molecule is CCOC1CN(Cc2ccc(C3CCCC3)s2)CC1O. The Morgan fingerprint density at radius 2 is 2.10 bits per heavy atom. The molecule has 3 nitrogen and oxygen atoms in total. The van der Waals surface area contributed by atoms with E-state index >= 15 is 0 Å². The van der Waals surface area contributed by atoms with Crippen LogP contribution in [0.4, 0.5) is 0 Å². The van der Waals surface area contributed by atoms with Gasteiger partial charge in [-0.05, 0) is 37.8 Å². The van der Waals surface area contributed by atoms with Gasteiger partial charge in [-0.15, -0.1) is 11.3 Å². The second kappa shape index (κ2) is 6.56. The second-order valence-electron chi connectivity index (χ2n) is 6.04. The molecule has 2 atom stereocenters. The van der Waals surface area contributed by atoms with Crippen LogP contribution in [0.2, 0.25) is 0 Å². The summed E-state index contributed by atoms with van der Waals surface area (Å²) in [4.78, 5) is 5.31. The average Bonchev–Trinajstić information content (AvgIpc) is 3.12. The molecule has 0 amide bonds.